The Hall–Kier alpha value is -1.95. The molecule has 1 amide bonds. The van der Waals surface area contributed by atoms with Crippen LogP contribution in [0.5, 0.6) is 0 Å². The van der Waals surface area contributed by atoms with Crippen LogP contribution >= 0.6 is 11.6 Å². The summed E-state index contributed by atoms with van der Waals surface area (Å²) in [7, 11) is 0. The first-order chi connectivity index (χ1) is 9.52. The number of hydrogen-bond donors (Lipinski definition) is 0. The third-order valence-corrected chi connectivity index (χ3v) is 3.25. The third kappa shape index (κ3) is 2.96. The van der Waals surface area contributed by atoms with Crippen LogP contribution in [0.3, 0.4) is 0 Å². The van der Waals surface area contributed by atoms with Crippen molar-refractivity contribution in [3.63, 3.8) is 0 Å². The molecule has 1 aliphatic rings. The minimum Gasteiger partial charge on any atom is -0.273 e. The van der Waals surface area contributed by atoms with Gasteiger partial charge in [-0.3, -0.25) is 14.9 Å². The zero-order chi connectivity index (χ0) is 14.7. The first-order valence-corrected chi connectivity index (χ1v) is 6.73. The van der Waals surface area contributed by atoms with E-state index in [4.69, 9.17) is 11.6 Å². The fraction of sp³-hybridized carbons (Fsp3) is 0.385. The first-order valence-electron chi connectivity index (χ1n) is 6.35. The SMILES string of the molecule is CCCC(=O)N1CCC(c2cc(Cl)ccc2[N+](=O)[O-])=N1. The number of halogens is 1. The number of hydrogen-bond acceptors (Lipinski definition) is 4. The molecule has 0 saturated heterocycles. The third-order valence-electron chi connectivity index (χ3n) is 3.02. The lowest BCUT2D eigenvalue weighted by molar-refractivity contribution is -0.385. The normalized spacial score (nSPS) is 14.3. The second kappa shape index (κ2) is 6.00. The first kappa shape index (κ1) is 14.5. The van der Waals surface area contributed by atoms with Crippen LogP contribution in [0.1, 0.15) is 31.7 Å². The predicted octanol–water partition coefficient (Wildman–Crippen LogP) is 2.98. The molecule has 0 fully saturated rings. The van der Waals surface area contributed by atoms with Gasteiger partial charge in [0.05, 0.1) is 22.7 Å². The van der Waals surface area contributed by atoms with Crippen molar-refractivity contribution in [1.29, 1.82) is 0 Å². The maximum Gasteiger partial charge on any atom is 0.278 e. The monoisotopic (exact) mass is 295 g/mol. The minimum atomic E-state index is -0.468. The Bertz CT molecular complexity index is 586. The summed E-state index contributed by atoms with van der Waals surface area (Å²) in [5.74, 6) is -0.0628. The van der Waals surface area contributed by atoms with E-state index in [1.807, 2.05) is 6.92 Å². The Morgan fingerprint density at radius 3 is 2.95 bits per heavy atom. The number of amides is 1. The van der Waals surface area contributed by atoms with E-state index < -0.39 is 4.92 Å². The van der Waals surface area contributed by atoms with Gasteiger partial charge in [-0.05, 0) is 18.6 Å². The summed E-state index contributed by atoms with van der Waals surface area (Å²) >= 11 is 5.89. The van der Waals surface area contributed by atoms with Gasteiger partial charge >= 0.3 is 0 Å². The second-order valence-corrected chi connectivity index (χ2v) is 4.92. The molecular weight excluding hydrogens is 282 g/mol. The Labute approximate surface area is 121 Å². The molecule has 1 aliphatic heterocycles. The summed E-state index contributed by atoms with van der Waals surface area (Å²) in [6, 6.07) is 4.35. The molecule has 7 heteroatoms. The number of benzene rings is 1. The Kier molecular flexibility index (Phi) is 4.34. The van der Waals surface area contributed by atoms with Crippen LogP contribution in [0, 0.1) is 10.1 Å². The van der Waals surface area contributed by atoms with Gasteiger partial charge in [0.2, 0.25) is 5.91 Å². The Balaban J connectivity index is 2.33. The summed E-state index contributed by atoms with van der Waals surface area (Å²) in [5, 5.41) is 17.0. The molecule has 1 aromatic rings. The fourth-order valence-corrected chi connectivity index (χ4v) is 2.24. The predicted molar refractivity (Wildman–Crippen MR) is 75.9 cm³/mol. The smallest absolute Gasteiger partial charge is 0.273 e. The van der Waals surface area contributed by atoms with Gasteiger partial charge < -0.3 is 0 Å². The van der Waals surface area contributed by atoms with Crippen LogP contribution < -0.4 is 0 Å². The number of nitro benzene ring substituents is 1. The van der Waals surface area contributed by atoms with Gasteiger partial charge in [0.15, 0.2) is 0 Å². The summed E-state index contributed by atoms with van der Waals surface area (Å²) in [6.45, 7) is 2.37. The van der Waals surface area contributed by atoms with Crippen molar-refractivity contribution < 1.29 is 9.72 Å². The van der Waals surface area contributed by atoms with E-state index >= 15 is 0 Å². The van der Waals surface area contributed by atoms with Gasteiger partial charge in [0.25, 0.3) is 5.69 Å². The van der Waals surface area contributed by atoms with E-state index in [1.165, 1.54) is 23.2 Å². The summed E-state index contributed by atoms with van der Waals surface area (Å²) in [6.07, 6.45) is 1.67. The molecule has 0 unspecified atom stereocenters. The summed E-state index contributed by atoms with van der Waals surface area (Å²) < 4.78 is 0. The van der Waals surface area contributed by atoms with Gasteiger partial charge in [-0.2, -0.15) is 5.10 Å². The quantitative estimate of drug-likeness (QED) is 0.633. The lowest BCUT2D eigenvalue weighted by Crippen LogP contribution is -2.22. The molecule has 0 aliphatic carbocycles. The molecule has 106 valence electrons. The van der Waals surface area contributed by atoms with Crippen molar-refractivity contribution in [3.8, 4) is 0 Å². The van der Waals surface area contributed by atoms with E-state index in [-0.39, 0.29) is 11.6 Å². The van der Waals surface area contributed by atoms with E-state index in [0.717, 1.165) is 6.42 Å². The van der Waals surface area contributed by atoms with Crippen molar-refractivity contribution >= 4 is 28.9 Å². The van der Waals surface area contributed by atoms with Crippen LogP contribution in [0.4, 0.5) is 5.69 Å². The lowest BCUT2D eigenvalue weighted by Gasteiger charge is -2.09. The van der Waals surface area contributed by atoms with Crippen molar-refractivity contribution in [2.75, 3.05) is 6.54 Å². The largest absolute Gasteiger partial charge is 0.278 e. The number of nitro groups is 1. The Morgan fingerprint density at radius 2 is 2.30 bits per heavy atom. The van der Waals surface area contributed by atoms with Crippen molar-refractivity contribution in [2.45, 2.75) is 26.2 Å². The highest BCUT2D eigenvalue weighted by atomic mass is 35.5. The molecule has 20 heavy (non-hydrogen) atoms. The van der Waals surface area contributed by atoms with Gasteiger partial charge in [-0.15, -0.1) is 0 Å². The van der Waals surface area contributed by atoms with Crippen molar-refractivity contribution in [3.05, 3.63) is 38.9 Å². The zero-order valence-electron chi connectivity index (χ0n) is 11.0. The second-order valence-electron chi connectivity index (χ2n) is 4.48. The molecule has 0 aromatic heterocycles. The van der Waals surface area contributed by atoms with Gasteiger partial charge in [0, 0.05) is 23.9 Å². The number of carbonyl (C=O) groups is 1. The maximum atomic E-state index is 11.8. The summed E-state index contributed by atoms with van der Waals surface area (Å²) in [5.41, 5.74) is 0.871. The molecule has 0 atom stereocenters. The molecule has 0 saturated carbocycles. The van der Waals surface area contributed by atoms with Gasteiger partial charge in [-0.25, -0.2) is 5.01 Å². The highest BCUT2D eigenvalue weighted by molar-refractivity contribution is 6.31. The van der Waals surface area contributed by atoms with Crippen LogP contribution in [-0.4, -0.2) is 28.1 Å². The number of nitrogens with zero attached hydrogens (tertiary/aromatic N) is 3. The number of carbonyl (C=O) groups excluding carboxylic acids is 1. The van der Waals surface area contributed by atoms with Crippen molar-refractivity contribution in [2.24, 2.45) is 5.10 Å². The molecule has 0 bridgehead atoms. The molecule has 0 radical (unpaired) electrons. The fourth-order valence-electron chi connectivity index (χ4n) is 2.07. The van der Waals surface area contributed by atoms with E-state index in [0.29, 0.717) is 35.7 Å². The maximum absolute atomic E-state index is 11.8. The van der Waals surface area contributed by atoms with E-state index in [9.17, 15) is 14.9 Å². The molecule has 1 heterocycles. The molecule has 6 nitrogen and oxygen atoms in total. The lowest BCUT2D eigenvalue weighted by atomic mass is 10.1. The van der Waals surface area contributed by atoms with E-state index in [1.54, 1.807) is 0 Å². The molecule has 2 rings (SSSR count). The molecule has 1 aromatic carbocycles. The molecule has 0 spiro atoms. The summed E-state index contributed by atoms with van der Waals surface area (Å²) in [4.78, 5) is 22.3. The highest BCUT2D eigenvalue weighted by Gasteiger charge is 2.26. The van der Waals surface area contributed by atoms with Crippen LogP contribution in [0.15, 0.2) is 23.3 Å². The zero-order valence-corrected chi connectivity index (χ0v) is 11.8. The van der Waals surface area contributed by atoms with Gasteiger partial charge in [-0.1, -0.05) is 18.5 Å². The average molecular weight is 296 g/mol. The molecular formula is C13H14ClN3O3. The standard InChI is InChI=1S/C13H14ClN3O3/c1-2-3-13(18)16-7-6-11(15-16)10-8-9(14)4-5-12(10)17(19)20/h4-5,8H,2-3,6-7H2,1H3. The van der Waals surface area contributed by atoms with Crippen LogP contribution in [0.2, 0.25) is 5.02 Å². The number of rotatable bonds is 4. The van der Waals surface area contributed by atoms with Crippen molar-refractivity contribution in [1.82, 2.24) is 5.01 Å². The van der Waals surface area contributed by atoms with Gasteiger partial charge in [0.1, 0.15) is 0 Å². The molecule has 0 N–H and O–H groups in total. The van der Waals surface area contributed by atoms with Crippen LogP contribution in [-0.2, 0) is 4.79 Å². The highest BCUT2D eigenvalue weighted by Crippen LogP contribution is 2.26. The van der Waals surface area contributed by atoms with E-state index in [2.05, 4.69) is 5.10 Å². The average Bonchev–Trinajstić information content (AvgIpc) is 2.88. The van der Waals surface area contributed by atoms with Crippen LogP contribution in [0.25, 0.3) is 0 Å². The Morgan fingerprint density at radius 1 is 1.55 bits per heavy atom. The number of hydrazone groups is 1. The minimum absolute atomic E-state index is 0.0436. The topological polar surface area (TPSA) is 75.8 Å².